The highest BCUT2D eigenvalue weighted by molar-refractivity contribution is 7.89. The van der Waals surface area contributed by atoms with Crippen LogP contribution in [-0.4, -0.2) is 42.8 Å². The zero-order valence-electron chi connectivity index (χ0n) is 10.00. The van der Waals surface area contributed by atoms with E-state index in [0.717, 1.165) is 12.8 Å². The topological polar surface area (TPSA) is 100 Å². The summed E-state index contributed by atoms with van der Waals surface area (Å²) >= 11 is 0. The van der Waals surface area contributed by atoms with Gasteiger partial charge in [0.2, 0.25) is 0 Å². The Kier molecular flexibility index (Phi) is 4.11. The van der Waals surface area contributed by atoms with Crippen molar-refractivity contribution in [2.75, 3.05) is 13.2 Å². The van der Waals surface area contributed by atoms with E-state index in [1.807, 2.05) is 0 Å². The molecule has 0 amide bonds. The number of aromatic nitrogens is 3. The van der Waals surface area contributed by atoms with Gasteiger partial charge in [-0.15, -0.1) is 10.2 Å². The molecule has 19 heavy (non-hydrogen) atoms. The third-order valence-corrected chi connectivity index (χ3v) is 3.40. The molecule has 1 aliphatic rings. The number of hydrogen-bond donors (Lipinski definition) is 1. The largest absolute Gasteiger partial charge is 0.375 e. The van der Waals surface area contributed by atoms with Crippen LogP contribution < -0.4 is 5.14 Å². The van der Waals surface area contributed by atoms with Gasteiger partial charge in [-0.25, -0.2) is 22.3 Å². The van der Waals surface area contributed by atoms with Gasteiger partial charge >= 0.3 is 0 Å². The summed E-state index contributed by atoms with van der Waals surface area (Å²) in [5, 5.41) is 12.1. The maximum Gasteiger partial charge on any atom is 0.273 e. The van der Waals surface area contributed by atoms with Crippen molar-refractivity contribution in [3.05, 3.63) is 5.82 Å². The highest BCUT2D eigenvalue weighted by Crippen LogP contribution is 2.37. The minimum absolute atomic E-state index is 0.0217. The van der Waals surface area contributed by atoms with Crippen LogP contribution in [0.15, 0.2) is 5.16 Å². The fourth-order valence-electron chi connectivity index (χ4n) is 1.71. The van der Waals surface area contributed by atoms with E-state index in [1.54, 1.807) is 0 Å². The Labute approximate surface area is 108 Å². The number of alkyl halides is 2. The van der Waals surface area contributed by atoms with Gasteiger partial charge in [0.25, 0.3) is 21.6 Å². The van der Waals surface area contributed by atoms with Crippen molar-refractivity contribution < 1.29 is 21.9 Å². The second kappa shape index (κ2) is 5.47. The third-order valence-electron chi connectivity index (χ3n) is 2.62. The van der Waals surface area contributed by atoms with Gasteiger partial charge in [0, 0.05) is 12.5 Å². The van der Waals surface area contributed by atoms with Gasteiger partial charge in [-0.1, -0.05) is 0 Å². The van der Waals surface area contributed by atoms with Gasteiger partial charge in [0.05, 0.1) is 6.61 Å². The molecule has 0 atom stereocenters. The first-order valence-corrected chi connectivity index (χ1v) is 7.26. The van der Waals surface area contributed by atoms with Crippen molar-refractivity contribution in [3.63, 3.8) is 0 Å². The van der Waals surface area contributed by atoms with E-state index in [0.29, 0.717) is 5.82 Å². The molecule has 1 fully saturated rings. The maximum absolute atomic E-state index is 11.9. The van der Waals surface area contributed by atoms with E-state index in [1.165, 1.54) is 4.57 Å². The van der Waals surface area contributed by atoms with Crippen molar-refractivity contribution >= 4 is 10.0 Å². The van der Waals surface area contributed by atoms with E-state index in [-0.39, 0.29) is 24.2 Å². The summed E-state index contributed by atoms with van der Waals surface area (Å²) in [7, 11) is -3.93. The van der Waals surface area contributed by atoms with Crippen LogP contribution in [0.5, 0.6) is 0 Å². The zero-order valence-corrected chi connectivity index (χ0v) is 10.8. The second-order valence-corrected chi connectivity index (χ2v) is 5.72. The molecule has 1 aromatic heterocycles. The first kappa shape index (κ1) is 14.3. The Morgan fingerprint density at radius 1 is 1.42 bits per heavy atom. The summed E-state index contributed by atoms with van der Waals surface area (Å²) in [4.78, 5) is 0. The molecule has 108 valence electrons. The molecule has 1 aromatic rings. The molecule has 7 nitrogen and oxygen atoms in total. The van der Waals surface area contributed by atoms with Crippen LogP contribution in [0, 0.1) is 0 Å². The van der Waals surface area contributed by atoms with Crippen molar-refractivity contribution in [2.45, 2.75) is 36.9 Å². The quantitative estimate of drug-likeness (QED) is 0.718. The molecule has 0 unspecified atom stereocenters. The van der Waals surface area contributed by atoms with E-state index >= 15 is 0 Å². The minimum Gasteiger partial charge on any atom is -0.375 e. The normalized spacial score (nSPS) is 16.2. The van der Waals surface area contributed by atoms with Crippen LogP contribution in [0.25, 0.3) is 0 Å². The lowest BCUT2D eigenvalue weighted by molar-refractivity contribution is 0.0180. The van der Waals surface area contributed by atoms with Crippen LogP contribution in [0.2, 0.25) is 0 Å². The number of ether oxygens (including phenoxy) is 1. The lowest BCUT2D eigenvalue weighted by atomic mass is 10.4. The summed E-state index contributed by atoms with van der Waals surface area (Å²) in [5.41, 5.74) is 0. The monoisotopic (exact) mass is 296 g/mol. The van der Waals surface area contributed by atoms with Crippen molar-refractivity contribution in [1.82, 2.24) is 14.8 Å². The van der Waals surface area contributed by atoms with Crippen LogP contribution in [0.1, 0.15) is 24.7 Å². The fourth-order valence-corrected chi connectivity index (χ4v) is 2.39. The Morgan fingerprint density at radius 3 is 2.63 bits per heavy atom. The smallest absolute Gasteiger partial charge is 0.273 e. The number of rotatable bonds is 7. The molecule has 1 aliphatic carbocycles. The van der Waals surface area contributed by atoms with Crippen molar-refractivity contribution in [2.24, 2.45) is 5.14 Å². The molecule has 2 rings (SSSR count). The molecule has 0 spiro atoms. The average molecular weight is 296 g/mol. The molecular formula is C9H14F2N4O3S. The molecule has 0 saturated heterocycles. The van der Waals surface area contributed by atoms with Crippen molar-refractivity contribution in [3.8, 4) is 0 Å². The van der Waals surface area contributed by atoms with E-state index in [4.69, 9.17) is 9.88 Å². The maximum atomic E-state index is 11.9. The van der Waals surface area contributed by atoms with Crippen LogP contribution in [0.3, 0.4) is 0 Å². The average Bonchev–Trinajstić information content (AvgIpc) is 3.03. The molecule has 0 radical (unpaired) electrons. The summed E-state index contributed by atoms with van der Waals surface area (Å²) in [6, 6.07) is 0.0217. The number of hydrogen-bond acceptors (Lipinski definition) is 5. The predicted molar refractivity (Wildman–Crippen MR) is 60.2 cm³/mol. The molecule has 1 saturated carbocycles. The summed E-state index contributed by atoms with van der Waals surface area (Å²) in [6.07, 6.45) is -0.663. The Morgan fingerprint density at radius 2 is 2.11 bits per heavy atom. The van der Waals surface area contributed by atoms with Gasteiger partial charge in [-0.05, 0) is 12.8 Å². The highest BCUT2D eigenvalue weighted by Gasteiger charge is 2.32. The Bertz CT molecular complexity index is 542. The van der Waals surface area contributed by atoms with Crippen LogP contribution in [0.4, 0.5) is 8.78 Å². The molecule has 2 N–H and O–H groups in total. The van der Waals surface area contributed by atoms with Gasteiger partial charge in [0.15, 0.2) is 0 Å². The number of nitrogens with zero attached hydrogens (tertiary/aromatic N) is 3. The fraction of sp³-hybridized carbons (Fsp3) is 0.778. The van der Waals surface area contributed by atoms with E-state index < -0.39 is 23.1 Å². The SMILES string of the molecule is NS(=O)(=O)c1nnc(CCOCC(F)F)n1C1CC1. The zero-order chi connectivity index (χ0) is 14.0. The number of halogens is 2. The van der Waals surface area contributed by atoms with E-state index in [9.17, 15) is 17.2 Å². The molecule has 1 heterocycles. The molecule has 0 aliphatic heterocycles. The molecule has 0 bridgehead atoms. The van der Waals surface area contributed by atoms with Gasteiger partial charge < -0.3 is 4.74 Å². The minimum atomic E-state index is -3.93. The third kappa shape index (κ3) is 3.67. The number of nitrogens with two attached hydrogens (primary N) is 1. The lowest BCUT2D eigenvalue weighted by Crippen LogP contribution is -2.19. The molecule has 10 heteroatoms. The van der Waals surface area contributed by atoms with Gasteiger partial charge in [0.1, 0.15) is 12.4 Å². The number of sulfonamides is 1. The highest BCUT2D eigenvalue weighted by atomic mass is 32.2. The molecular weight excluding hydrogens is 282 g/mol. The summed E-state index contributed by atoms with van der Waals surface area (Å²) in [5.74, 6) is 0.390. The van der Waals surface area contributed by atoms with Crippen LogP contribution in [-0.2, 0) is 21.2 Å². The Hall–Kier alpha value is -1.13. The second-order valence-electron chi connectivity index (χ2n) is 4.26. The predicted octanol–water partition coefficient (Wildman–Crippen LogP) is 0.0846. The van der Waals surface area contributed by atoms with Crippen LogP contribution >= 0.6 is 0 Å². The first-order chi connectivity index (χ1) is 8.89. The Balaban J connectivity index is 2.07. The summed E-state index contributed by atoms with van der Waals surface area (Å²) in [6.45, 7) is -0.626. The first-order valence-electron chi connectivity index (χ1n) is 5.72. The van der Waals surface area contributed by atoms with Gasteiger partial charge in [-0.2, -0.15) is 0 Å². The van der Waals surface area contributed by atoms with Gasteiger partial charge in [-0.3, -0.25) is 4.57 Å². The lowest BCUT2D eigenvalue weighted by Gasteiger charge is -2.07. The van der Waals surface area contributed by atoms with E-state index in [2.05, 4.69) is 10.2 Å². The van der Waals surface area contributed by atoms with Crippen molar-refractivity contribution in [1.29, 1.82) is 0 Å². The molecule has 0 aromatic carbocycles. The standard InChI is InChI=1S/C9H14F2N4O3S/c10-7(11)5-18-4-3-8-13-14-9(19(12,16)17)15(8)6-1-2-6/h6-7H,1-5H2,(H2,12,16,17). The summed E-state index contributed by atoms with van der Waals surface area (Å²) < 4.78 is 52.7. The number of primary sulfonamides is 1.